The number of hydrogen-bond acceptors (Lipinski definition) is 2. The standard InChI is InChI=1S/C11H13BrFNO2/c1-3-10(12)7(2)9-5-4-8(14(15)16)6-11(9)13/h4-7,10H,3H2,1-2H3. The number of alkyl halides is 1. The van der Waals surface area contributed by atoms with Crippen molar-refractivity contribution in [2.45, 2.75) is 31.0 Å². The third kappa shape index (κ3) is 2.78. The Morgan fingerprint density at radius 3 is 2.62 bits per heavy atom. The van der Waals surface area contributed by atoms with E-state index in [9.17, 15) is 14.5 Å². The first-order chi connectivity index (χ1) is 7.47. The molecule has 0 saturated carbocycles. The molecule has 0 aliphatic carbocycles. The zero-order valence-electron chi connectivity index (χ0n) is 9.11. The Morgan fingerprint density at radius 2 is 2.19 bits per heavy atom. The molecule has 0 amide bonds. The molecule has 0 bridgehead atoms. The molecule has 0 fully saturated rings. The van der Waals surface area contributed by atoms with Crippen molar-refractivity contribution in [3.05, 3.63) is 39.7 Å². The second-order valence-corrected chi connectivity index (χ2v) is 4.85. The summed E-state index contributed by atoms with van der Waals surface area (Å²) in [7, 11) is 0. The molecule has 0 spiro atoms. The molecule has 16 heavy (non-hydrogen) atoms. The van der Waals surface area contributed by atoms with Crippen LogP contribution in [-0.4, -0.2) is 9.75 Å². The van der Waals surface area contributed by atoms with Crippen LogP contribution in [0.1, 0.15) is 31.7 Å². The summed E-state index contributed by atoms with van der Waals surface area (Å²) in [6.07, 6.45) is 0.873. The van der Waals surface area contributed by atoms with E-state index in [1.54, 1.807) is 0 Å². The predicted molar refractivity (Wildman–Crippen MR) is 64.5 cm³/mol. The Morgan fingerprint density at radius 1 is 1.56 bits per heavy atom. The fraction of sp³-hybridized carbons (Fsp3) is 0.455. The number of benzene rings is 1. The summed E-state index contributed by atoms with van der Waals surface area (Å²) in [4.78, 5) is 10.0. The minimum Gasteiger partial charge on any atom is -0.258 e. The van der Waals surface area contributed by atoms with Gasteiger partial charge in [0.05, 0.1) is 11.0 Å². The third-order valence-corrected chi connectivity index (χ3v) is 4.06. The molecule has 2 unspecified atom stereocenters. The largest absolute Gasteiger partial charge is 0.272 e. The highest BCUT2D eigenvalue weighted by Gasteiger charge is 2.19. The normalized spacial score (nSPS) is 14.5. The maximum Gasteiger partial charge on any atom is 0.272 e. The molecule has 3 nitrogen and oxygen atoms in total. The van der Waals surface area contributed by atoms with Crippen LogP contribution in [0.2, 0.25) is 0 Å². The van der Waals surface area contributed by atoms with Gasteiger partial charge in [0.2, 0.25) is 0 Å². The smallest absolute Gasteiger partial charge is 0.258 e. The van der Waals surface area contributed by atoms with Gasteiger partial charge in [0.15, 0.2) is 0 Å². The van der Waals surface area contributed by atoms with Gasteiger partial charge < -0.3 is 0 Å². The summed E-state index contributed by atoms with van der Waals surface area (Å²) in [6, 6.07) is 3.80. The Labute approximate surface area is 102 Å². The van der Waals surface area contributed by atoms with Gasteiger partial charge in [0.1, 0.15) is 5.82 Å². The van der Waals surface area contributed by atoms with Crippen LogP contribution in [0.25, 0.3) is 0 Å². The van der Waals surface area contributed by atoms with Crippen molar-refractivity contribution in [1.29, 1.82) is 0 Å². The Balaban J connectivity index is 3.03. The number of nitro benzene ring substituents is 1. The minimum atomic E-state index is -0.594. The molecule has 5 heteroatoms. The van der Waals surface area contributed by atoms with Gasteiger partial charge >= 0.3 is 0 Å². The van der Waals surface area contributed by atoms with Crippen LogP contribution in [0.3, 0.4) is 0 Å². The number of nitro groups is 1. The predicted octanol–water partition coefficient (Wildman–Crippen LogP) is 4.01. The molecule has 1 rings (SSSR count). The van der Waals surface area contributed by atoms with E-state index in [-0.39, 0.29) is 16.4 Å². The van der Waals surface area contributed by atoms with Gasteiger partial charge in [-0.15, -0.1) is 0 Å². The van der Waals surface area contributed by atoms with Crippen molar-refractivity contribution in [3.63, 3.8) is 0 Å². The summed E-state index contributed by atoms with van der Waals surface area (Å²) in [6.45, 7) is 3.90. The highest BCUT2D eigenvalue weighted by Crippen LogP contribution is 2.30. The molecule has 0 saturated heterocycles. The highest BCUT2D eigenvalue weighted by atomic mass is 79.9. The van der Waals surface area contributed by atoms with E-state index in [2.05, 4.69) is 15.9 Å². The molecular formula is C11H13BrFNO2. The zero-order chi connectivity index (χ0) is 12.3. The molecule has 0 aromatic heterocycles. The van der Waals surface area contributed by atoms with Gasteiger partial charge in [-0.25, -0.2) is 4.39 Å². The summed E-state index contributed by atoms with van der Waals surface area (Å²) in [5, 5.41) is 10.5. The van der Waals surface area contributed by atoms with E-state index in [1.165, 1.54) is 12.1 Å². The number of hydrogen-bond donors (Lipinski definition) is 0. The molecule has 0 heterocycles. The first-order valence-corrected chi connectivity index (χ1v) is 5.96. The third-order valence-electron chi connectivity index (χ3n) is 2.62. The van der Waals surface area contributed by atoms with Crippen LogP contribution >= 0.6 is 15.9 Å². The Kier molecular flexibility index (Phi) is 4.41. The Hall–Kier alpha value is -0.970. The number of halogens is 2. The monoisotopic (exact) mass is 289 g/mol. The first-order valence-electron chi connectivity index (χ1n) is 5.05. The Bertz CT molecular complexity index is 398. The van der Waals surface area contributed by atoms with Crippen molar-refractivity contribution in [2.75, 3.05) is 0 Å². The number of non-ortho nitro benzene ring substituents is 1. The molecule has 1 aromatic carbocycles. The first kappa shape index (κ1) is 13.1. The van der Waals surface area contributed by atoms with Gasteiger partial charge in [0.25, 0.3) is 5.69 Å². The van der Waals surface area contributed by atoms with E-state index in [0.717, 1.165) is 12.5 Å². The molecule has 2 atom stereocenters. The quantitative estimate of drug-likeness (QED) is 0.477. The summed E-state index contributed by atoms with van der Waals surface area (Å²) in [5.41, 5.74) is 0.297. The lowest BCUT2D eigenvalue weighted by Crippen LogP contribution is -2.09. The van der Waals surface area contributed by atoms with Crippen molar-refractivity contribution < 1.29 is 9.31 Å². The molecule has 88 valence electrons. The van der Waals surface area contributed by atoms with Crippen molar-refractivity contribution in [1.82, 2.24) is 0 Å². The van der Waals surface area contributed by atoms with Crippen molar-refractivity contribution >= 4 is 21.6 Å². The second-order valence-electron chi connectivity index (χ2n) is 3.68. The van der Waals surface area contributed by atoms with Crippen LogP contribution in [0.15, 0.2) is 18.2 Å². The second kappa shape index (κ2) is 5.39. The van der Waals surface area contributed by atoms with Gasteiger partial charge in [-0.2, -0.15) is 0 Å². The van der Waals surface area contributed by atoms with Gasteiger partial charge in [0, 0.05) is 10.9 Å². The van der Waals surface area contributed by atoms with E-state index in [1.807, 2.05) is 13.8 Å². The molecule has 0 radical (unpaired) electrons. The average molecular weight is 290 g/mol. The molecule has 0 N–H and O–H groups in total. The van der Waals surface area contributed by atoms with Gasteiger partial charge in [-0.05, 0) is 24.0 Å². The summed E-state index contributed by atoms with van der Waals surface area (Å²) < 4.78 is 13.6. The maximum absolute atomic E-state index is 13.6. The van der Waals surface area contributed by atoms with Crippen LogP contribution < -0.4 is 0 Å². The lowest BCUT2D eigenvalue weighted by molar-refractivity contribution is -0.385. The SMILES string of the molecule is CCC(Br)C(C)c1ccc([N+](=O)[O-])cc1F. The zero-order valence-corrected chi connectivity index (χ0v) is 10.7. The number of nitrogens with zero attached hydrogens (tertiary/aromatic N) is 1. The fourth-order valence-corrected chi connectivity index (χ4v) is 1.83. The van der Waals surface area contributed by atoms with Crippen LogP contribution in [0, 0.1) is 15.9 Å². The lowest BCUT2D eigenvalue weighted by atomic mass is 9.96. The lowest BCUT2D eigenvalue weighted by Gasteiger charge is -2.17. The molecule has 0 aliphatic heterocycles. The molecular weight excluding hydrogens is 277 g/mol. The average Bonchev–Trinajstić information content (AvgIpc) is 2.26. The topological polar surface area (TPSA) is 43.1 Å². The van der Waals surface area contributed by atoms with E-state index in [4.69, 9.17) is 0 Å². The minimum absolute atomic E-state index is 0.00851. The van der Waals surface area contributed by atoms with Crippen molar-refractivity contribution in [2.24, 2.45) is 0 Å². The molecule has 0 aliphatic rings. The maximum atomic E-state index is 13.6. The van der Waals surface area contributed by atoms with Crippen molar-refractivity contribution in [3.8, 4) is 0 Å². The van der Waals surface area contributed by atoms with Crippen LogP contribution in [0.5, 0.6) is 0 Å². The summed E-state index contributed by atoms with van der Waals surface area (Å²) in [5.74, 6) is -0.523. The van der Waals surface area contributed by atoms with Gasteiger partial charge in [-0.3, -0.25) is 10.1 Å². The highest BCUT2D eigenvalue weighted by molar-refractivity contribution is 9.09. The molecule has 1 aromatic rings. The summed E-state index contributed by atoms with van der Waals surface area (Å²) >= 11 is 3.46. The van der Waals surface area contributed by atoms with Crippen LogP contribution in [0.4, 0.5) is 10.1 Å². The van der Waals surface area contributed by atoms with Crippen LogP contribution in [-0.2, 0) is 0 Å². The van der Waals surface area contributed by atoms with E-state index in [0.29, 0.717) is 5.56 Å². The van der Waals surface area contributed by atoms with E-state index < -0.39 is 10.7 Å². The van der Waals surface area contributed by atoms with Gasteiger partial charge in [-0.1, -0.05) is 29.8 Å². The van der Waals surface area contributed by atoms with E-state index >= 15 is 0 Å². The fourth-order valence-electron chi connectivity index (χ4n) is 1.55. The number of rotatable bonds is 4.